The van der Waals surface area contributed by atoms with Gasteiger partial charge in [0.05, 0.1) is 22.5 Å². The van der Waals surface area contributed by atoms with Gasteiger partial charge in [-0.05, 0) is 33.8 Å². The number of halogens is 1. The fourth-order valence-electron chi connectivity index (χ4n) is 4.62. The molecule has 1 spiro atoms. The Labute approximate surface area is 150 Å². The molecule has 1 aromatic rings. The summed E-state index contributed by atoms with van der Waals surface area (Å²) in [5.74, 6) is -2.19. The average molecular weight is 362 g/mol. The molecule has 3 heterocycles. The van der Waals surface area contributed by atoms with Gasteiger partial charge in [0.15, 0.2) is 0 Å². The second-order valence-corrected chi connectivity index (χ2v) is 8.45. The summed E-state index contributed by atoms with van der Waals surface area (Å²) >= 11 is 6.24. The first-order valence-corrected chi connectivity index (χ1v) is 8.74. The minimum atomic E-state index is -1.25. The molecule has 0 radical (unpaired) electrons. The van der Waals surface area contributed by atoms with Crippen molar-refractivity contribution in [2.75, 3.05) is 5.32 Å². The van der Waals surface area contributed by atoms with E-state index >= 15 is 0 Å². The number of hydrogen-bond acceptors (Lipinski definition) is 4. The van der Waals surface area contributed by atoms with E-state index < -0.39 is 22.9 Å². The van der Waals surface area contributed by atoms with Gasteiger partial charge in [0.25, 0.3) is 0 Å². The Kier molecular flexibility index (Phi) is 3.19. The lowest BCUT2D eigenvalue weighted by Gasteiger charge is -2.34. The lowest BCUT2D eigenvalue weighted by molar-refractivity contribution is -0.147. The number of para-hydroxylation sites is 1. The molecule has 25 heavy (non-hydrogen) atoms. The molecule has 3 amide bonds. The van der Waals surface area contributed by atoms with E-state index in [0.29, 0.717) is 16.3 Å². The zero-order chi connectivity index (χ0) is 18.3. The molecule has 7 heteroatoms. The van der Waals surface area contributed by atoms with Crippen molar-refractivity contribution in [1.82, 2.24) is 10.2 Å². The zero-order valence-electron chi connectivity index (χ0n) is 14.5. The highest BCUT2D eigenvalue weighted by molar-refractivity contribution is 6.35. The van der Waals surface area contributed by atoms with Crippen LogP contribution in [0.5, 0.6) is 0 Å². The van der Waals surface area contributed by atoms with Gasteiger partial charge < -0.3 is 5.32 Å². The summed E-state index contributed by atoms with van der Waals surface area (Å²) < 4.78 is 0. The number of anilines is 1. The molecular weight excluding hydrogens is 342 g/mol. The minimum Gasteiger partial charge on any atom is -0.323 e. The maximum Gasteiger partial charge on any atom is 0.250 e. The van der Waals surface area contributed by atoms with Crippen molar-refractivity contribution in [1.29, 1.82) is 0 Å². The van der Waals surface area contributed by atoms with E-state index in [2.05, 4.69) is 10.6 Å². The first-order valence-electron chi connectivity index (χ1n) is 8.36. The summed E-state index contributed by atoms with van der Waals surface area (Å²) in [6.07, 6.45) is 0. The molecule has 1 aromatic carbocycles. The molecule has 2 N–H and O–H groups in total. The minimum absolute atomic E-state index is 0.220. The monoisotopic (exact) mass is 361 g/mol. The smallest absolute Gasteiger partial charge is 0.250 e. The molecular formula is C18H20ClN3O3. The van der Waals surface area contributed by atoms with Crippen LogP contribution in [0.25, 0.3) is 0 Å². The summed E-state index contributed by atoms with van der Waals surface area (Å²) in [5.41, 5.74) is -0.729. The van der Waals surface area contributed by atoms with Gasteiger partial charge >= 0.3 is 0 Å². The summed E-state index contributed by atoms with van der Waals surface area (Å²) in [5, 5.41) is 6.48. The van der Waals surface area contributed by atoms with Crippen molar-refractivity contribution in [3.63, 3.8) is 0 Å². The second-order valence-electron chi connectivity index (χ2n) is 8.04. The first kappa shape index (κ1) is 16.5. The van der Waals surface area contributed by atoms with Gasteiger partial charge in [-0.25, -0.2) is 0 Å². The summed E-state index contributed by atoms with van der Waals surface area (Å²) in [7, 11) is 0. The zero-order valence-corrected chi connectivity index (χ0v) is 15.3. The maximum atomic E-state index is 13.2. The predicted molar refractivity (Wildman–Crippen MR) is 92.9 cm³/mol. The van der Waals surface area contributed by atoms with E-state index in [1.165, 1.54) is 4.90 Å². The van der Waals surface area contributed by atoms with Gasteiger partial charge in [0, 0.05) is 17.1 Å². The largest absolute Gasteiger partial charge is 0.323 e. The third-order valence-corrected chi connectivity index (χ3v) is 5.83. The molecule has 2 fully saturated rings. The van der Waals surface area contributed by atoms with E-state index in [0.717, 1.165) is 0 Å². The van der Waals surface area contributed by atoms with Crippen LogP contribution in [0, 0.1) is 11.8 Å². The highest BCUT2D eigenvalue weighted by Gasteiger charge is 2.70. The molecule has 0 unspecified atom stereocenters. The molecule has 0 bridgehead atoms. The van der Waals surface area contributed by atoms with Gasteiger partial charge in [0.2, 0.25) is 17.7 Å². The molecule has 0 aliphatic carbocycles. The van der Waals surface area contributed by atoms with Crippen molar-refractivity contribution in [2.45, 2.75) is 44.8 Å². The quantitative estimate of drug-likeness (QED) is 0.691. The number of carbonyl (C=O) groups is 3. The Morgan fingerprint density at radius 2 is 1.84 bits per heavy atom. The molecule has 6 nitrogen and oxygen atoms in total. The SMILES string of the molecule is C[C@H]1N[C@]2(C(=O)Nc3c(Cl)cccc32)[C@@H]2C(=O)N(C(C)(C)C)C(=O)[C@@H]21. The van der Waals surface area contributed by atoms with Crippen molar-refractivity contribution in [2.24, 2.45) is 11.8 Å². The van der Waals surface area contributed by atoms with Crippen LogP contribution in [0.1, 0.15) is 33.3 Å². The molecule has 4 rings (SSSR count). The van der Waals surface area contributed by atoms with Crippen molar-refractivity contribution in [3.05, 3.63) is 28.8 Å². The highest BCUT2D eigenvalue weighted by atomic mass is 35.5. The summed E-state index contributed by atoms with van der Waals surface area (Å²) in [6, 6.07) is 4.94. The Morgan fingerprint density at radius 1 is 1.16 bits per heavy atom. The number of nitrogens with one attached hydrogen (secondary N) is 2. The number of rotatable bonds is 0. The summed E-state index contributed by atoms with van der Waals surface area (Å²) in [4.78, 5) is 40.5. The number of nitrogens with zero attached hydrogens (tertiary/aromatic N) is 1. The Hall–Kier alpha value is -1.92. The lowest BCUT2D eigenvalue weighted by Crippen LogP contribution is -2.55. The van der Waals surface area contributed by atoms with E-state index in [1.807, 2.05) is 27.7 Å². The second kappa shape index (κ2) is 4.83. The van der Waals surface area contributed by atoms with E-state index in [4.69, 9.17) is 11.6 Å². The van der Waals surface area contributed by atoms with Crippen LogP contribution in [0.3, 0.4) is 0 Å². The Bertz CT molecular complexity index is 831. The van der Waals surface area contributed by atoms with E-state index in [-0.39, 0.29) is 23.8 Å². The van der Waals surface area contributed by atoms with Crippen molar-refractivity contribution in [3.8, 4) is 0 Å². The highest BCUT2D eigenvalue weighted by Crippen LogP contribution is 2.54. The van der Waals surface area contributed by atoms with Crippen LogP contribution in [0.15, 0.2) is 18.2 Å². The number of imide groups is 1. The van der Waals surface area contributed by atoms with Crippen LogP contribution < -0.4 is 10.6 Å². The lowest BCUT2D eigenvalue weighted by atomic mass is 9.76. The van der Waals surface area contributed by atoms with Gasteiger partial charge in [0.1, 0.15) is 5.54 Å². The van der Waals surface area contributed by atoms with Crippen LogP contribution in [0.2, 0.25) is 5.02 Å². The third kappa shape index (κ3) is 1.87. The molecule has 132 valence electrons. The standard InChI is InChI=1S/C18H20ClN3O3/c1-8-11-12(15(24)22(14(11)23)17(2,3)4)18(21-8)9-6-5-7-10(19)13(9)20-16(18)25/h5-8,11-12,21H,1-4H3,(H,20,25)/t8-,11-,12+,18+/m1/s1. The van der Waals surface area contributed by atoms with E-state index in [9.17, 15) is 14.4 Å². The number of carbonyl (C=O) groups excluding carboxylic acids is 3. The molecule has 0 saturated carbocycles. The van der Waals surface area contributed by atoms with Crippen LogP contribution in [0.4, 0.5) is 5.69 Å². The van der Waals surface area contributed by atoms with Gasteiger partial charge in [-0.15, -0.1) is 0 Å². The number of fused-ring (bicyclic) bond motifs is 4. The Morgan fingerprint density at radius 3 is 2.48 bits per heavy atom. The number of benzene rings is 1. The number of hydrogen-bond donors (Lipinski definition) is 2. The van der Waals surface area contributed by atoms with Crippen molar-refractivity contribution >= 4 is 35.0 Å². The predicted octanol–water partition coefficient (Wildman–Crippen LogP) is 1.88. The fourth-order valence-corrected chi connectivity index (χ4v) is 4.84. The van der Waals surface area contributed by atoms with Crippen LogP contribution >= 0.6 is 11.6 Å². The molecule has 0 aromatic heterocycles. The van der Waals surface area contributed by atoms with Crippen LogP contribution in [-0.2, 0) is 19.9 Å². The molecule has 2 saturated heterocycles. The van der Waals surface area contributed by atoms with Crippen molar-refractivity contribution < 1.29 is 14.4 Å². The Balaban J connectivity index is 1.93. The third-order valence-electron chi connectivity index (χ3n) is 5.52. The maximum absolute atomic E-state index is 13.2. The van der Waals surface area contributed by atoms with Crippen LogP contribution in [-0.4, -0.2) is 34.2 Å². The van der Waals surface area contributed by atoms with Gasteiger partial charge in [-0.3, -0.25) is 24.6 Å². The topological polar surface area (TPSA) is 78.5 Å². The summed E-state index contributed by atoms with van der Waals surface area (Å²) in [6.45, 7) is 7.33. The van der Waals surface area contributed by atoms with E-state index in [1.54, 1.807) is 18.2 Å². The number of likely N-dealkylation sites (tertiary alicyclic amines) is 1. The number of amides is 3. The normalized spacial score (nSPS) is 33.9. The first-order chi connectivity index (χ1) is 11.6. The molecule has 3 aliphatic heterocycles. The average Bonchev–Trinajstić information content (AvgIpc) is 3.05. The fraction of sp³-hybridized carbons (Fsp3) is 0.500. The van der Waals surface area contributed by atoms with Gasteiger partial charge in [-0.1, -0.05) is 23.7 Å². The molecule has 3 aliphatic rings. The molecule has 4 atom stereocenters. The van der Waals surface area contributed by atoms with Gasteiger partial charge in [-0.2, -0.15) is 0 Å².